The Morgan fingerprint density at radius 3 is 2.09 bits per heavy atom. The van der Waals surface area contributed by atoms with Gasteiger partial charge >= 0.3 is 10.2 Å². The molecule has 0 aliphatic rings. The first-order chi connectivity index (χ1) is 16.1. The van der Waals surface area contributed by atoms with Crippen LogP contribution in [0.2, 0.25) is 0 Å². The molecular weight excluding hydrogens is 453 g/mol. The molecule has 8 heteroatoms. The van der Waals surface area contributed by atoms with Crippen molar-refractivity contribution in [2.45, 2.75) is 32.9 Å². The molecule has 0 heterocycles. The second kappa shape index (κ2) is 10.8. The molecule has 0 spiro atoms. The fraction of sp³-hybridized carbons (Fsp3) is 0.269. The van der Waals surface area contributed by atoms with Crippen molar-refractivity contribution in [3.63, 3.8) is 0 Å². The lowest BCUT2D eigenvalue weighted by Gasteiger charge is -2.27. The van der Waals surface area contributed by atoms with Gasteiger partial charge in [-0.2, -0.15) is 12.7 Å². The lowest BCUT2D eigenvalue weighted by atomic mass is 10.0. The topological polar surface area (TPSA) is 69.7 Å². The standard InChI is InChI=1S/C26H30FN3O3S/c1-5-20-10-14-22(15-11-20)19(2)28-26(31)23-16-12-21(13-17-23)18-30(34(32,33)29(3)4)25-9-7-6-8-24(25)27/h6-17,19H,5,18H2,1-4H3,(H,28,31). The predicted octanol–water partition coefficient (Wildman–Crippen LogP) is 4.69. The molecule has 1 N–H and O–H groups in total. The highest BCUT2D eigenvalue weighted by atomic mass is 32.2. The summed E-state index contributed by atoms with van der Waals surface area (Å²) in [5, 5.41) is 2.98. The van der Waals surface area contributed by atoms with Crippen molar-refractivity contribution in [1.29, 1.82) is 0 Å². The maximum Gasteiger partial charge on any atom is 0.303 e. The highest BCUT2D eigenvalue weighted by molar-refractivity contribution is 7.90. The lowest BCUT2D eigenvalue weighted by Crippen LogP contribution is -2.40. The summed E-state index contributed by atoms with van der Waals surface area (Å²) in [6, 6.07) is 20.3. The van der Waals surface area contributed by atoms with Crippen LogP contribution in [0.5, 0.6) is 0 Å². The van der Waals surface area contributed by atoms with Gasteiger partial charge in [0.25, 0.3) is 5.91 Å². The fourth-order valence-electron chi connectivity index (χ4n) is 3.47. The molecule has 3 rings (SSSR count). The third kappa shape index (κ3) is 5.81. The summed E-state index contributed by atoms with van der Waals surface area (Å²) >= 11 is 0. The Kier molecular flexibility index (Phi) is 8.06. The molecule has 1 unspecified atom stereocenters. The second-order valence-corrected chi connectivity index (χ2v) is 10.3. The highest BCUT2D eigenvalue weighted by Gasteiger charge is 2.27. The van der Waals surface area contributed by atoms with Gasteiger partial charge < -0.3 is 5.32 Å². The largest absolute Gasteiger partial charge is 0.346 e. The number of hydrogen-bond acceptors (Lipinski definition) is 3. The van der Waals surface area contributed by atoms with Gasteiger partial charge in [-0.25, -0.2) is 4.39 Å². The van der Waals surface area contributed by atoms with Crippen molar-refractivity contribution in [1.82, 2.24) is 9.62 Å². The number of carbonyl (C=O) groups is 1. The normalized spacial score (nSPS) is 12.4. The van der Waals surface area contributed by atoms with Gasteiger partial charge in [0, 0.05) is 19.7 Å². The van der Waals surface area contributed by atoms with Gasteiger partial charge in [0.1, 0.15) is 5.82 Å². The quantitative estimate of drug-likeness (QED) is 0.480. The SMILES string of the molecule is CCc1ccc(C(C)NC(=O)c2ccc(CN(c3ccccc3F)S(=O)(=O)N(C)C)cc2)cc1. The molecule has 0 aliphatic heterocycles. The maximum atomic E-state index is 14.4. The molecule has 0 saturated heterocycles. The van der Waals surface area contributed by atoms with E-state index in [1.807, 2.05) is 19.1 Å². The average Bonchev–Trinajstić information content (AvgIpc) is 2.83. The minimum atomic E-state index is -3.94. The molecule has 6 nitrogen and oxygen atoms in total. The zero-order valence-electron chi connectivity index (χ0n) is 19.8. The third-order valence-corrected chi connectivity index (χ3v) is 7.44. The average molecular weight is 484 g/mol. The van der Waals surface area contributed by atoms with Gasteiger partial charge in [0.05, 0.1) is 18.3 Å². The number of nitrogens with one attached hydrogen (secondary N) is 1. The summed E-state index contributed by atoms with van der Waals surface area (Å²) in [6.45, 7) is 3.94. The Bertz CT molecular complexity index is 1230. The lowest BCUT2D eigenvalue weighted by molar-refractivity contribution is 0.0940. The first-order valence-electron chi connectivity index (χ1n) is 11.1. The van der Waals surface area contributed by atoms with E-state index in [4.69, 9.17) is 0 Å². The number of carbonyl (C=O) groups excluding carboxylic acids is 1. The number of anilines is 1. The zero-order chi connectivity index (χ0) is 24.9. The number of hydrogen-bond donors (Lipinski definition) is 1. The zero-order valence-corrected chi connectivity index (χ0v) is 20.6. The number of rotatable bonds is 9. The van der Waals surface area contributed by atoms with E-state index in [1.54, 1.807) is 30.3 Å². The summed E-state index contributed by atoms with van der Waals surface area (Å²) in [5.41, 5.74) is 3.28. The van der Waals surface area contributed by atoms with Crippen LogP contribution in [-0.2, 0) is 23.2 Å². The van der Waals surface area contributed by atoms with Crippen LogP contribution in [0.15, 0.2) is 72.8 Å². The van der Waals surface area contributed by atoms with E-state index in [1.165, 1.54) is 37.9 Å². The maximum absolute atomic E-state index is 14.4. The summed E-state index contributed by atoms with van der Waals surface area (Å²) in [7, 11) is -1.15. The van der Waals surface area contributed by atoms with Gasteiger partial charge in [-0.15, -0.1) is 0 Å². The Morgan fingerprint density at radius 1 is 0.941 bits per heavy atom. The summed E-state index contributed by atoms with van der Waals surface area (Å²) in [4.78, 5) is 12.7. The van der Waals surface area contributed by atoms with Crippen LogP contribution in [0.1, 0.15) is 46.9 Å². The number of amides is 1. The van der Waals surface area contributed by atoms with Crippen molar-refractivity contribution in [2.75, 3.05) is 18.4 Å². The van der Waals surface area contributed by atoms with E-state index >= 15 is 0 Å². The molecule has 3 aromatic carbocycles. The Labute approximate surface area is 201 Å². The minimum absolute atomic E-state index is 0.0408. The van der Waals surface area contributed by atoms with E-state index < -0.39 is 16.0 Å². The van der Waals surface area contributed by atoms with Crippen LogP contribution >= 0.6 is 0 Å². The van der Waals surface area contributed by atoms with E-state index in [0.29, 0.717) is 11.1 Å². The molecule has 180 valence electrons. The van der Waals surface area contributed by atoms with Gasteiger partial charge in [0.2, 0.25) is 0 Å². The molecule has 0 fully saturated rings. The van der Waals surface area contributed by atoms with Crippen molar-refractivity contribution in [3.05, 3.63) is 101 Å². The monoisotopic (exact) mass is 483 g/mol. The van der Waals surface area contributed by atoms with E-state index in [0.717, 1.165) is 20.6 Å². The van der Waals surface area contributed by atoms with Crippen LogP contribution < -0.4 is 9.62 Å². The van der Waals surface area contributed by atoms with E-state index in [-0.39, 0.29) is 24.2 Å². The Hall–Kier alpha value is -3.23. The van der Waals surface area contributed by atoms with Crippen LogP contribution in [0, 0.1) is 5.82 Å². The number of nitrogens with zero attached hydrogens (tertiary/aromatic N) is 2. The van der Waals surface area contributed by atoms with Gasteiger partial charge in [-0.05, 0) is 54.3 Å². The van der Waals surface area contributed by atoms with Crippen LogP contribution in [0.25, 0.3) is 0 Å². The molecule has 0 aromatic heterocycles. The van der Waals surface area contributed by atoms with Crippen LogP contribution in [0.3, 0.4) is 0 Å². The number of halogens is 1. The van der Waals surface area contributed by atoms with E-state index in [2.05, 4.69) is 24.4 Å². The smallest absolute Gasteiger partial charge is 0.303 e. The second-order valence-electron chi connectivity index (χ2n) is 8.24. The first-order valence-corrected chi connectivity index (χ1v) is 12.5. The van der Waals surface area contributed by atoms with Gasteiger partial charge in [0.15, 0.2) is 0 Å². The van der Waals surface area contributed by atoms with Crippen LogP contribution in [-0.4, -0.2) is 32.7 Å². The van der Waals surface area contributed by atoms with Crippen LogP contribution in [0.4, 0.5) is 10.1 Å². The van der Waals surface area contributed by atoms with Gasteiger partial charge in [-0.3, -0.25) is 9.10 Å². The molecule has 0 saturated carbocycles. The third-order valence-electron chi connectivity index (χ3n) is 5.64. The minimum Gasteiger partial charge on any atom is -0.346 e. The molecule has 34 heavy (non-hydrogen) atoms. The molecule has 0 aliphatic carbocycles. The first kappa shape index (κ1) is 25.4. The predicted molar refractivity (Wildman–Crippen MR) is 133 cm³/mol. The molecule has 0 radical (unpaired) electrons. The van der Waals surface area contributed by atoms with Crippen molar-refractivity contribution >= 4 is 21.8 Å². The molecular formula is C26H30FN3O3S. The van der Waals surface area contributed by atoms with Crippen molar-refractivity contribution in [3.8, 4) is 0 Å². The molecule has 1 amide bonds. The van der Waals surface area contributed by atoms with E-state index in [9.17, 15) is 17.6 Å². The number of benzene rings is 3. The molecule has 1 atom stereocenters. The highest BCUT2D eigenvalue weighted by Crippen LogP contribution is 2.25. The molecule has 0 bridgehead atoms. The number of para-hydroxylation sites is 1. The van der Waals surface area contributed by atoms with Crippen molar-refractivity contribution < 1.29 is 17.6 Å². The summed E-state index contributed by atoms with van der Waals surface area (Å²) < 4.78 is 42.2. The summed E-state index contributed by atoms with van der Waals surface area (Å²) in [5.74, 6) is -0.865. The molecule has 3 aromatic rings. The fourth-order valence-corrected chi connectivity index (χ4v) is 4.58. The van der Waals surface area contributed by atoms with Gasteiger partial charge in [-0.1, -0.05) is 55.5 Å². The number of aryl methyl sites for hydroxylation is 1. The Balaban J connectivity index is 1.76. The summed E-state index contributed by atoms with van der Waals surface area (Å²) in [6.07, 6.45) is 0.956. The Morgan fingerprint density at radius 2 is 1.53 bits per heavy atom. The van der Waals surface area contributed by atoms with Crippen molar-refractivity contribution in [2.24, 2.45) is 0 Å².